The number of amides is 1. The minimum absolute atomic E-state index is 0.0152. The fourth-order valence-electron chi connectivity index (χ4n) is 6.92. The van der Waals surface area contributed by atoms with Crippen molar-refractivity contribution in [3.8, 4) is 16.9 Å². The van der Waals surface area contributed by atoms with E-state index < -0.39 is 11.5 Å². The predicted octanol–water partition coefficient (Wildman–Crippen LogP) is 6.27. The molecule has 1 aromatic carbocycles. The fraction of sp³-hybridized carbons (Fsp3) is 0.417. The van der Waals surface area contributed by atoms with Crippen LogP contribution in [0.3, 0.4) is 0 Å². The van der Waals surface area contributed by atoms with Gasteiger partial charge >= 0.3 is 5.69 Å². The van der Waals surface area contributed by atoms with Gasteiger partial charge in [-0.25, -0.2) is 18.7 Å². The van der Waals surface area contributed by atoms with Crippen LogP contribution in [0.25, 0.3) is 28.0 Å². The van der Waals surface area contributed by atoms with Crippen molar-refractivity contribution in [1.29, 1.82) is 0 Å². The third-order valence-electron chi connectivity index (χ3n) is 9.26. The van der Waals surface area contributed by atoms with E-state index in [0.29, 0.717) is 35.6 Å². The lowest BCUT2D eigenvalue weighted by atomic mass is 10.0. The average Bonchev–Trinajstić information content (AvgIpc) is 3.55. The Labute approximate surface area is 279 Å². The summed E-state index contributed by atoms with van der Waals surface area (Å²) in [4.78, 5) is 47.9. The maximum absolute atomic E-state index is 15.2. The van der Waals surface area contributed by atoms with E-state index in [9.17, 15) is 9.59 Å². The van der Waals surface area contributed by atoms with Gasteiger partial charge in [0.15, 0.2) is 5.65 Å². The highest BCUT2D eigenvalue weighted by molar-refractivity contribution is 6.33. The third-order valence-corrected chi connectivity index (χ3v) is 9.55. The van der Waals surface area contributed by atoms with Crippen LogP contribution >= 0.6 is 11.6 Å². The van der Waals surface area contributed by atoms with E-state index in [-0.39, 0.29) is 40.2 Å². The smallest absolute Gasteiger partial charge is 0.349 e. The monoisotopic (exact) mass is 657 g/mol. The first kappa shape index (κ1) is 32.8. The number of pyridine rings is 2. The van der Waals surface area contributed by atoms with Gasteiger partial charge in [0.2, 0.25) is 5.91 Å². The first-order valence-corrected chi connectivity index (χ1v) is 16.7. The van der Waals surface area contributed by atoms with Gasteiger partial charge in [0.05, 0.1) is 33.2 Å². The van der Waals surface area contributed by atoms with E-state index >= 15 is 4.39 Å². The molecule has 6 rings (SSSR count). The molecule has 5 heterocycles. The summed E-state index contributed by atoms with van der Waals surface area (Å²) in [5.41, 5.74) is 3.46. The number of carbonyl (C=O) groups excluding carboxylic acids is 1. The molecule has 0 bridgehead atoms. The van der Waals surface area contributed by atoms with Gasteiger partial charge in [0.1, 0.15) is 11.6 Å². The van der Waals surface area contributed by atoms with Crippen molar-refractivity contribution >= 4 is 34.4 Å². The number of carbonyl (C=O) groups is 1. The Balaban J connectivity index is 1.60. The number of likely N-dealkylation sites (tertiary alicyclic amines) is 1. The van der Waals surface area contributed by atoms with Crippen LogP contribution in [-0.4, -0.2) is 73.5 Å². The van der Waals surface area contributed by atoms with E-state index in [1.807, 2.05) is 31.7 Å². The Morgan fingerprint density at radius 2 is 1.81 bits per heavy atom. The summed E-state index contributed by atoms with van der Waals surface area (Å²) in [7, 11) is 0. The number of rotatable bonds is 7. The minimum Gasteiger partial charge on any atom is -0.349 e. The summed E-state index contributed by atoms with van der Waals surface area (Å²) in [5.74, 6) is -0.211. The highest BCUT2D eigenvalue weighted by Gasteiger charge is 2.34. The summed E-state index contributed by atoms with van der Waals surface area (Å²) >= 11 is 6.88. The summed E-state index contributed by atoms with van der Waals surface area (Å²) < 4.78 is 16.7. The Morgan fingerprint density at radius 1 is 1.09 bits per heavy atom. The molecular weight excluding hydrogens is 617 g/mol. The van der Waals surface area contributed by atoms with Gasteiger partial charge in [0, 0.05) is 37.3 Å². The molecule has 2 aliphatic rings. The molecule has 2 saturated heterocycles. The van der Waals surface area contributed by atoms with Gasteiger partial charge in [-0.2, -0.15) is 4.98 Å². The lowest BCUT2D eigenvalue weighted by Gasteiger charge is -2.44. The number of aryl methyl sites for hydroxylation is 1. The molecule has 11 heteroatoms. The standard InChI is InChI=1S/C36H41ClFN7O2/c1-7-30(46)43-18-24(6)44(19-23(43)5)34-27-17-28(37)32(26-12-8-9-13-29(26)38)40-35(27)45(36(47)41-34)33-22(4)16-25(39-31(33)21(2)3)20-42-14-10-11-15-42/h7-9,12-13,16-17,21,23-24H,1,10-11,14-15,18-20H2,2-6H3/t23-,24+/m1/s1. The van der Waals surface area contributed by atoms with Crippen molar-refractivity contribution in [1.82, 2.24) is 29.3 Å². The van der Waals surface area contributed by atoms with Crippen molar-refractivity contribution in [2.45, 2.75) is 72.0 Å². The molecule has 47 heavy (non-hydrogen) atoms. The third kappa shape index (κ3) is 6.16. The quantitative estimate of drug-likeness (QED) is 0.216. The van der Waals surface area contributed by atoms with E-state index in [1.54, 1.807) is 29.2 Å². The fourth-order valence-corrected chi connectivity index (χ4v) is 7.17. The number of halogens is 2. The largest absolute Gasteiger partial charge is 0.355 e. The van der Waals surface area contributed by atoms with Crippen LogP contribution in [0.1, 0.15) is 63.4 Å². The van der Waals surface area contributed by atoms with E-state index in [0.717, 1.165) is 36.6 Å². The van der Waals surface area contributed by atoms with Crippen LogP contribution in [0.5, 0.6) is 0 Å². The number of piperazine rings is 1. The number of benzene rings is 1. The molecule has 9 nitrogen and oxygen atoms in total. The SMILES string of the molecule is C=CC(=O)N1C[C@H](C)N(c2nc(=O)n(-c3c(C)cc(CN4CCCC4)nc3C(C)C)c3nc(-c4ccccc4F)c(Cl)cc23)C[C@H]1C. The molecule has 0 aliphatic carbocycles. The molecular formula is C36H41ClFN7O2. The predicted molar refractivity (Wildman–Crippen MR) is 185 cm³/mol. The number of aromatic nitrogens is 4. The van der Waals surface area contributed by atoms with Crippen LogP contribution in [0, 0.1) is 12.7 Å². The number of fused-ring (bicyclic) bond motifs is 1. The molecule has 0 N–H and O–H groups in total. The topological polar surface area (TPSA) is 87.5 Å². The summed E-state index contributed by atoms with van der Waals surface area (Å²) in [6, 6.07) is 9.74. The molecule has 0 saturated carbocycles. The maximum atomic E-state index is 15.2. The van der Waals surface area contributed by atoms with Crippen molar-refractivity contribution < 1.29 is 9.18 Å². The zero-order valence-corrected chi connectivity index (χ0v) is 28.4. The summed E-state index contributed by atoms with van der Waals surface area (Å²) in [5, 5.41) is 0.782. The van der Waals surface area contributed by atoms with E-state index in [1.165, 1.54) is 29.6 Å². The second-order valence-electron chi connectivity index (χ2n) is 13.1. The number of hydrogen-bond donors (Lipinski definition) is 0. The Kier molecular flexibility index (Phi) is 9.18. The zero-order chi connectivity index (χ0) is 33.6. The molecule has 4 aromatic rings. The number of hydrogen-bond acceptors (Lipinski definition) is 7. The number of nitrogens with zero attached hydrogens (tertiary/aromatic N) is 7. The van der Waals surface area contributed by atoms with Crippen LogP contribution < -0.4 is 10.6 Å². The van der Waals surface area contributed by atoms with E-state index in [2.05, 4.69) is 30.3 Å². The van der Waals surface area contributed by atoms with Crippen LogP contribution in [0.15, 0.2) is 53.8 Å². The van der Waals surface area contributed by atoms with Gasteiger partial charge in [-0.1, -0.05) is 44.2 Å². The van der Waals surface area contributed by atoms with Gasteiger partial charge < -0.3 is 9.80 Å². The minimum atomic E-state index is -0.523. The molecule has 246 valence electrons. The van der Waals surface area contributed by atoms with Crippen LogP contribution in [0.4, 0.5) is 10.2 Å². The van der Waals surface area contributed by atoms with Gasteiger partial charge in [-0.05, 0) is 88.5 Å². The molecule has 0 unspecified atom stereocenters. The first-order chi connectivity index (χ1) is 22.5. The number of anilines is 1. The lowest BCUT2D eigenvalue weighted by Crippen LogP contribution is -2.58. The maximum Gasteiger partial charge on any atom is 0.355 e. The molecule has 1 amide bonds. The van der Waals surface area contributed by atoms with Crippen molar-refractivity contribution in [2.75, 3.05) is 31.1 Å². The van der Waals surface area contributed by atoms with Gasteiger partial charge in [0.25, 0.3) is 0 Å². The normalized spacial score (nSPS) is 18.8. The zero-order valence-electron chi connectivity index (χ0n) is 27.6. The Morgan fingerprint density at radius 3 is 2.49 bits per heavy atom. The highest BCUT2D eigenvalue weighted by Crippen LogP contribution is 2.37. The van der Waals surface area contributed by atoms with Crippen molar-refractivity contribution in [2.24, 2.45) is 0 Å². The summed E-state index contributed by atoms with van der Waals surface area (Å²) in [6.45, 7) is 17.4. The second kappa shape index (κ2) is 13.2. The van der Waals surface area contributed by atoms with Gasteiger partial charge in [-0.15, -0.1) is 0 Å². The molecule has 2 fully saturated rings. The van der Waals surface area contributed by atoms with Crippen molar-refractivity contribution in [3.63, 3.8) is 0 Å². The Bertz CT molecular complexity index is 1920. The second-order valence-corrected chi connectivity index (χ2v) is 13.5. The summed E-state index contributed by atoms with van der Waals surface area (Å²) in [6.07, 6.45) is 3.69. The van der Waals surface area contributed by atoms with E-state index in [4.69, 9.17) is 21.6 Å². The van der Waals surface area contributed by atoms with Crippen molar-refractivity contribution in [3.05, 3.63) is 87.3 Å². The first-order valence-electron chi connectivity index (χ1n) is 16.3. The molecule has 2 aliphatic heterocycles. The lowest BCUT2D eigenvalue weighted by molar-refractivity contribution is -0.128. The molecule has 0 spiro atoms. The molecule has 2 atom stereocenters. The highest BCUT2D eigenvalue weighted by atomic mass is 35.5. The Hall–Kier alpha value is -4.15. The van der Waals surface area contributed by atoms with Crippen LogP contribution in [0.2, 0.25) is 5.02 Å². The molecule has 0 radical (unpaired) electrons. The van der Waals surface area contributed by atoms with Gasteiger partial charge in [-0.3, -0.25) is 14.7 Å². The van der Waals surface area contributed by atoms with Crippen LogP contribution in [-0.2, 0) is 11.3 Å². The molecule has 3 aromatic heterocycles. The average molecular weight is 658 g/mol.